The third-order valence-corrected chi connectivity index (χ3v) is 4.80. The average Bonchev–Trinajstić information content (AvgIpc) is 3.19. The molecule has 2 unspecified atom stereocenters. The topological polar surface area (TPSA) is 33.7 Å². The zero-order valence-corrected chi connectivity index (χ0v) is 11.8. The lowest BCUT2D eigenvalue weighted by Crippen LogP contribution is -2.43. The highest BCUT2D eigenvalue weighted by Crippen LogP contribution is 2.34. The molecule has 0 radical (unpaired) electrons. The highest BCUT2D eigenvalue weighted by molar-refractivity contribution is 5.44. The standard InChI is InChI=1S/C16H22N2O2/c1-3-13(17-7-1)14-4-2-8-18(14)10-12-5-6-15-16(9-12)20-11-19-15/h5-6,9,13-14,17H,1-4,7-8,10-11H2. The lowest BCUT2D eigenvalue weighted by Gasteiger charge is -2.29. The Morgan fingerprint density at radius 1 is 1.15 bits per heavy atom. The van der Waals surface area contributed by atoms with E-state index in [2.05, 4.69) is 22.3 Å². The molecule has 3 heterocycles. The summed E-state index contributed by atoms with van der Waals surface area (Å²) >= 11 is 0. The fourth-order valence-electron chi connectivity index (χ4n) is 3.82. The van der Waals surface area contributed by atoms with Crippen LogP contribution in [-0.2, 0) is 6.54 Å². The summed E-state index contributed by atoms with van der Waals surface area (Å²) in [5.41, 5.74) is 1.33. The maximum absolute atomic E-state index is 5.48. The minimum atomic E-state index is 0.358. The third kappa shape index (κ3) is 2.27. The van der Waals surface area contributed by atoms with Crippen LogP contribution in [0.25, 0.3) is 0 Å². The van der Waals surface area contributed by atoms with E-state index < -0.39 is 0 Å². The monoisotopic (exact) mass is 274 g/mol. The van der Waals surface area contributed by atoms with Gasteiger partial charge in [-0.3, -0.25) is 4.90 Å². The molecule has 4 heteroatoms. The van der Waals surface area contributed by atoms with E-state index >= 15 is 0 Å². The third-order valence-electron chi connectivity index (χ3n) is 4.80. The maximum atomic E-state index is 5.48. The van der Waals surface area contributed by atoms with Crippen LogP contribution in [0.1, 0.15) is 31.2 Å². The zero-order chi connectivity index (χ0) is 13.4. The van der Waals surface area contributed by atoms with Crippen LogP contribution >= 0.6 is 0 Å². The molecule has 0 spiro atoms. The van der Waals surface area contributed by atoms with Crippen LogP contribution < -0.4 is 14.8 Å². The minimum Gasteiger partial charge on any atom is -0.454 e. The molecule has 3 aliphatic rings. The molecule has 1 aromatic rings. The Hall–Kier alpha value is -1.26. The van der Waals surface area contributed by atoms with Gasteiger partial charge in [-0.05, 0) is 56.5 Å². The summed E-state index contributed by atoms with van der Waals surface area (Å²) < 4.78 is 10.9. The summed E-state index contributed by atoms with van der Waals surface area (Å²) in [6.45, 7) is 3.80. The highest BCUT2D eigenvalue weighted by Gasteiger charge is 2.33. The Morgan fingerprint density at radius 2 is 2.10 bits per heavy atom. The molecule has 2 atom stereocenters. The maximum Gasteiger partial charge on any atom is 0.231 e. The van der Waals surface area contributed by atoms with Gasteiger partial charge >= 0.3 is 0 Å². The second-order valence-corrected chi connectivity index (χ2v) is 6.07. The Balaban J connectivity index is 1.47. The van der Waals surface area contributed by atoms with E-state index in [-0.39, 0.29) is 0 Å². The normalized spacial score (nSPS) is 29.2. The molecular formula is C16H22N2O2. The van der Waals surface area contributed by atoms with Crippen LogP contribution in [0.2, 0.25) is 0 Å². The van der Waals surface area contributed by atoms with Crippen LogP contribution in [0.4, 0.5) is 0 Å². The Morgan fingerprint density at radius 3 is 3.00 bits per heavy atom. The number of benzene rings is 1. The predicted molar refractivity (Wildman–Crippen MR) is 77.0 cm³/mol. The van der Waals surface area contributed by atoms with Crippen molar-refractivity contribution in [2.75, 3.05) is 19.9 Å². The first-order valence-electron chi connectivity index (χ1n) is 7.76. The van der Waals surface area contributed by atoms with Crippen molar-refractivity contribution in [3.05, 3.63) is 23.8 Å². The zero-order valence-electron chi connectivity index (χ0n) is 11.8. The number of nitrogens with one attached hydrogen (secondary N) is 1. The number of nitrogens with zero attached hydrogens (tertiary/aromatic N) is 1. The Kier molecular flexibility index (Phi) is 3.28. The average molecular weight is 274 g/mol. The van der Waals surface area contributed by atoms with Crippen LogP contribution in [0.3, 0.4) is 0 Å². The van der Waals surface area contributed by atoms with E-state index in [1.54, 1.807) is 0 Å². The predicted octanol–water partition coefficient (Wildman–Crippen LogP) is 2.13. The van der Waals surface area contributed by atoms with E-state index in [1.165, 1.54) is 44.3 Å². The van der Waals surface area contributed by atoms with Crippen LogP contribution in [0.15, 0.2) is 18.2 Å². The van der Waals surface area contributed by atoms with Crippen molar-refractivity contribution >= 4 is 0 Å². The molecular weight excluding hydrogens is 252 g/mol. The molecule has 20 heavy (non-hydrogen) atoms. The van der Waals surface area contributed by atoms with Crippen molar-refractivity contribution in [1.29, 1.82) is 0 Å². The van der Waals surface area contributed by atoms with Gasteiger partial charge in [0.15, 0.2) is 11.5 Å². The Bertz CT molecular complexity index is 485. The molecule has 4 nitrogen and oxygen atoms in total. The molecule has 1 aromatic carbocycles. The molecule has 108 valence electrons. The van der Waals surface area contributed by atoms with E-state index in [4.69, 9.17) is 9.47 Å². The van der Waals surface area contributed by atoms with Gasteiger partial charge in [-0.1, -0.05) is 6.07 Å². The smallest absolute Gasteiger partial charge is 0.231 e. The molecule has 0 aromatic heterocycles. The van der Waals surface area contributed by atoms with Crippen molar-refractivity contribution in [2.45, 2.75) is 44.3 Å². The van der Waals surface area contributed by atoms with Gasteiger partial charge in [-0.25, -0.2) is 0 Å². The van der Waals surface area contributed by atoms with Crippen molar-refractivity contribution in [1.82, 2.24) is 10.2 Å². The summed E-state index contributed by atoms with van der Waals surface area (Å²) in [6.07, 6.45) is 5.33. The second kappa shape index (κ2) is 5.26. The van der Waals surface area contributed by atoms with Gasteiger partial charge < -0.3 is 14.8 Å². The number of hydrogen-bond donors (Lipinski definition) is 1. The lowest BCUT2D eigenvalue weighted by atomic mass is 10.0. The van der Waals surface area contributed by atoms with Crippen LogP contribution in [0, 0.1) is 0 Å². The fourth-order valence-corrected chi connectivity index (χ4v) is 3.82. The molecule has 4 rings (SSSR count). The van der Waals surface area contributed by atoms with Gasteiger partial charge in [0.1, 0.15) is 0 Å². The van der Waals surface area contributed by atoms with Crippen molar-refractivity contribution in [3.8, 4) is 11.5 Å². The van der Waals surface area contributed by atoms with Crippen molar-refractivity contribution in [3.63, 3.8) is 0 Å². The molecule has 1 N–H and O–H groups in total. The first kappa shape index (κ1) is 12.5. The summed E-state index contributed by atoms with van der Waals surface area (Å²) in [7, 11) is 0. The van der Waals surface area contributed by atoms with Crippen LogP contribution in [0.5, 0.6) is 11.5 Å². The van der Waals surface area contributed by atoms with E-state index in [0.717, 1.165) is 18.0 Å². The molecule has 3 aliphatic heterocycles. The number of hydrogen-bond acceptors (Lipinski definition) is 4. The van der Waals surface area contributed by atoms with Crippen LogP contribution in [-0.4, -0.2) is 36.9 Å². The summed E-state index contributed by atoms with van der Waals surface area (Å²) in [6, 6.07) is 7.76. The lowest BCUT2D eigenvalue weighted by molar-refractivity contribution is 0.173. The molecule has 0 bridgehead atoms. The first-order valence-corrected chi connectivity index (χ1v) is 7.76. The molecule has 0 amide bonds. The number of likely N-dealkylation sites (tertiary alicyclic amines) is 1. The fraction of sp³-hybridized carbons (Fsp3) is 0.625. The largest absolute Gasteiger partial charge is 0.454 e. The number of fused-ring (bicyclic) bond motifs is 1. The van der Waals surface area contributed by atoms with E-state index in [9.17, 15) is 0 Å². The summed E-state index contributed by atoms with van der Waals surface area (Å²) in [5.74, 6) is 1.78. The summed E-state index contributed by atoms with van der Waals surface area (Å²) in [4.78, 5) is 2.64. The highest BCUT2D eigenvalue weighted by atomic mass is 16.7. The molecule has 0 aliphatic carbocycles. The Labute approximate surface area is 120 Å². The van der Waals surface area contributed by atoms with Gasteiger partial charge in [0.25, 0.3) is 0 Å². The molecule has 2 saturated heterocycles. The van der Waals surface area contributed by atoms with Gasteiger partial charge in [0.05, 0.1) is 0 Å². The first-order chi connectivity index (χ1) is 9.90. The van der Waals surface area contributed by atoms with Gasteiger partial charge in [-0.15, -0.1) is 0 Å². The second-order valence-electron chi connectivity index (χ2n) is 6.07. The molecule has 0 saturated carbocycles. The van der Waals surface area contributed by atoms with Crippen molar-refractivity contribution in [2.24, 2.45) is 0 Å². The quantitative estimate of drug-likeness (QED) is 0.915. The van der Waals surface area contributed by atoms with Crippen molar-refractivity contribution < 1.29 is 9.47 Å². The number of ether oxygens (including phenoxy) is 2. The summed E-state index contributed by atoms with van der Waals surface area (Å²) in [5, 5.41) is 3.67. The SMILES string of the molecule is c1cc2c(cc1CN1CCCC1C1CCCN1)OCO2. The minimum absolute atomic E-state index is 0.358. The molecule has 2 fully saturated rings. The van der Waals surface area contributed by atoms with Gasteiger partial charge in [0, 0.05) is 18.6 Å². The van der Waals surface area contributed by atoms with Gasteiger partial charge in [-0.2, -0.15) is 0 Å². The number of rotatable bonds is 3. The van der Waals surface area contributed by atoms with E-state index in [0.29, 0.717) is 18.9 Å². The van der Waals surface area contributed by atoms with E-state index in [1.807, 2.05) is 6.07 Å². The van der Waals surface area contributed by atoms with Gasteiger partial charge in [0.2, 0.25) is 6.79 Å².